The van der Waals surface area contributed by atoms with Gasteiger partial charge in [0, 0.05) is 19.8 Å². The first kappa shape index (κ1) is 21.6. The molecule has 0 radical (unpaired) electrons. The van der Waals surface area contributed by atoms with E-state index in [0.717, 1.165) is 0 Å². The molecule has 29 heavy (non-hydrogen) atoms. The number of rotatable bonds is 8. The third kappa shape index (κ3) is 6.74. The Balaban J connectivity index is 2.16. The molecule has 7 nitrogen and oxygen atoms in total. The smallest absolute Gasteiger partial charge is 0.326 e. The third-order valence-electron chi connectivity index (χ3n) is 4.13. The molecule has 0 aliphatic heterocycles. The van der Waals surface area contributed by atoms with Crippen molar-refractivity contribution in [3.05, 3.63) is 71.0 Å². The number of nitrogens with zero attached hydrogens (tertiary/aromatic N) is 1. The van der Waals surface area contributed by atoms with E-state index in [1.165, 1.54) is 25.1 Å². The Morgan fingerprint density at radius 1 is 1.03 bits per heavy atom. The van der Waals surface area contributed by atoms with Gasteiger partial charge in [0.2, 0.25) is 11.8 Å². The number of hydrogen-bond donors (Lipinski definition) is 3. The number of carbonyl (C=O) groups excluding carboxylic acids is 2. The zero-order valence-corrected chi connectivity index (χ0v) is 15.7. The van der Waals surface area contributed by atoms with Crippen molar-refractivity contribution in [1.29, 1.82) is 5.26 Å². The van der Waals surface area contributed by atoms with Gasteiger partial charge < -0.3 is 15.7 Å². The van der Waals surface area contributed by atoms with E-state index in [2.05, 4.69) is 10.6 Å². The van der Waals surface area contributed by atoms with E-state index in [0.29, 0.717) is 16.7 Å². The van der Waals surface area contributed by atoms with Gasteiger partial charge in [-0.2, -0.15) is 5.26 Å². The SMILES string of the molecule is CC(=O)N[C@H](Cc1cccc(F)c1)C(=O)N[C@H](Cc1cccc(C#N)c1)C(=O)O. The molecule has 2 aromatic carbocycles. The van der Waals surface area contributed by atoms with Crippen molar-refractivity contribution in [3.8, 4) is 6.07 Å². The van der Waals surface area contributed by atoms with Gasteiger partial charge in [-0.15, -0.1) is 0 Å². The molecule has 0 saturated heterocycles. The van der Waals surface area contributed by atoms with Gasteiger partial charge in [0.25, 0.3) is 0 Å². The van der Waals surface area contributed by atoms with E-state index in [1.807, 2.05) is 6.07 Å². The van der Waals surface area contributed by atoms with Crippen molar-refractivity contribution in [3.63, 3.8) is 0 Å². The van der Waals surface area contributed by atoms with Gasteiger partial charge in [0.1, 0.15) is 17.9 Å². The van der Waals surface area contributed by atoms with Crippen LogP contribution in [-0.2, 0) is 27.2 Å². The molecule has 2 aromatic rings. The molecule has 0 aliphatic rings. The van der Waals surface area contributed by atoms with E-state index in [-0.39, 0.29) is 12.8 Å². The molecule has 0 unspecified atom stereocenters. The van der Waals surface area contributed by atoms with Crippen LogP contribution in [0.5, 0.6) is 0 Å². The second-order valence-corrected chi connectivity index (χ2v) is 6.50. The van der Waals surface area contributed by atoms with Gasteiger partial charge in [-0.3, -0.25) is 9.59 Å². The first-order valence-corrected chi connectivity index (χ1v) is 8.82. The van der Waals surface area contributed by atoms with Crippen LogP contribution in [0.1, 0.15) is 23.6 Å². The Morgan fingerprint density at radius 3 is 2.24 bits per heavy atom. The molecule has 0 bridgehead atoms. The third-order valence-corrected chi connectivity index (χ3v) is 4.13. The number of hydrogen-bond acceptors (Lipinski definition) is 4. The summed E-state index contributed by atoms with van der Waals surface area (Å²) < 4.78 is 13.4. The number of halogens is 1. The summed E-state index contributed by atoms with van der Waals surface area (Å²) >= 11 is 0. The Hall–Kier alpha value is -3.73. The fourth-order valence-corrected chi connectivity index (χ4v) is 2.83. The van der Waals surface area contributed by atoms with Crippen LogP contribution in [0.25, 0.3) is 0 Å². The van der Waals surface area contributed by atoms with Crippen molar-refractivity contribution < 1.29 is 23.9 Å². The molecule has 0 saturated carbocycles. The van der Waals surface area contributed by atoms with Gasteiger partial charge in [0.15, 0.2) is 0 Å². The highest BCUT2D eigenvalue weighted by Crippen LogP contribution is 2.10. The van der Waals surface area contributed by atoms with E-state index in [9.17, 15) is 23.9 Å². The number of carbonyl (C=O) groups is 3. The lowest BCUT2D eigenvalue weighted by molar-refractivity contribution is -0.142. The zero-order valence-electron chi connectivity index (χ0n) is 15.7. The summed E-state index contributed by atoms with van der Waals surface area (Å²) in [5.41, 5.74) is 1.42. The van der Waals surface area contributed by atoms with Crippen LogP contribution in [0.3, 0.4) is 0 Å². The summed E-state index contributed by atoms with van der Waals surface area (Å²) in [4.78, 5) is 35.8. The summed E-state index contributed by atoms with van der Waals surface area (Å²) in [6.45, 7) is 1.23. The molecule has 0 aliphatic carbocycles. The van der Waals surface area contributed by atoms with Gasteiger partial charge in [-0.05, 0) is 35.4 Å². The number of carboxylic acids is 1. The van der Waals surface area contributed by atoms with Crippen LogP contribution >= 0.6 is 0 Å². The number of carboxylic acid groups (broad SMARTS) is 1. The molecule has 0 aromatic heterocycles. The maximum absolute atomic E-state index is 13.4. The minimum absolute atomic E-state index is 0.000566. The normalized spacial score (nSPS) is 12.3. The lowest BCUT2D eigenvalue weighted by Crippen LogP contribution is -2.52. The van der Waals surface area contributed by atoms with Crippen LogP contribution in [0.15, 0.2) is 48.5 Å². The second kappa shape index (κ2) is 9.99. The molecular formula is C21H20FN3O4. The standard InChI is InChI=1S/C21H20FN3O4/c1-13(26)24-18(10-15-5-3-7-17(22)9-15)20(27)25-19(21(28)29)11-14-4-2-6-16(8-14)12-23/h2-9,18-19H,10-11H2,1H3,(H,24,26)(H,25,27)(H,28,29)/t18-,19-/m1/s1. The number of amides is 2. The molecule has 2 amide bonds. The molecule has 8 heteroatoms. The predicted molar refractivity (Wildman–Crippen MR) is 102 cm³/mol. The van der Waals surface area contributed by atoms with E-state index >= 15 is 0 Å². The van der Waals surface area contributed by atoms with Gasteiger partial charge in [-0.1, -0.05) is 24.3 Å². The Bertz CT molecular complexity index is 955. The minimum atomic E-state index is -1.26. The van der Waals surface area contributed by atoms with Crippen molar-refractivity contribution >= 4 is 17.8 Å². The van der Waals surface area contributed by atoms with Crippen molar-refractivity contribution in [2.75, 3.05) is 0 Å². The minimum Gasteiger partial charge on any atom is -0.480 e. The zero-order chi connectivity index (χ0) is 21.4. The molecule has 3 N–H and O–H groups in total. The topological polar surface area (TPSA) is 119 Å². The number of benzene rings is 2. The van der Waals surface area contributed by atoms with Crippen molar-refractivity contribution in [1.82, 2.24) is 10.6 Å². The molecule has 150 valence electrons. The molecule has 0 heterocycles. The predicted octanol–water partition coefficient (Wildman–Crippen LogP) is 1.56. The number of nitriles is 1. The first-order valence-electron chi connectivity index (χ1n) is 8.82. The Kier molecular flexibility index (Phi) is 7.43. The number of aliphatic carboxylic acids is 1. The average Bonchev–Trinajstić information content (AvgIpc) is 2.66. The summed E-state index contributed by atoms with van der Waals surface area (Å²) in [5, 5.41) is 23.3. The summed E-state index contributed by atoms with van der Waals surface area (Å²) in [6, 6.07) is 11.6. The van der Waals surface area contributed by atoms with Crippen LogP contribution in [0, 0.1) is 17.1 Å². The lowest BCUT2D eigenvalue weighted by Gasteiger charge is -2.21. The van der Waals surface area contributed by atoms with Gasteiger partial charge >= 0.3 is 5.97 Å². The Morgan fingerprint density at radius 2 is 1.66 bits per heavy atom. The number of nitrogens with one attached hydrogen (secondary N) is 2. The van der Waals surface area contributed by atoms with Crippen LogP contribution < -0.4 is 10.6 Å². The molecule has 2 atom stereocenters. The van der Waals surface area contributed by atoms with Gasteiger partial charge in [-0.25, -0.2) is 9.18 Å². The average molecular weight is 397 g/mol. The van der Waals surface area contributed by atoms with Crippen LogP contribution in [0.4, 0.5) is 4.39 Å². The van der Waals surface area contributed by atoms with Crippen LogP contribution in [-0.4, -0.2) is 35.0 Å². The van der Waals surface area contributed by atoms with Crippen molar-refractivity contribution in [2.45, 2.75) is 31.8 Å². The van der Waals surface area contributed by atoms with E-state index in [1.54, 1.807) is 30.3 Å². The molecule has 0 fully saturated rings. The highest BCUT2D eigenvalue weighted by atomic mass is 19.1. The quantitative estimate of drug-likeness (QED) is 0.624. The fraction of sp³-hybridized carbons (Fsp3) is 0.238. The maximum atomic E-state index is 13.4. The monoisotopic (exact) mass is 397 g/mol. The summed E-state index contributed by atoms with van der Waals surface area (Å²) in [6.07, 6.45) is -0.0389. The van der Waals surface area contributed by atoms with E-state index in [4.69, 9.17) is 5.26 Å². The largest absolute Gasteiger partial charge is 0.480 e. The highest BCUT2D eigenvalue weighted by Gasteiger charge is 2.26. The fourth-order valence-electron chi connectivity index (χ4n) is 2.83. The lowest BCUT2D eigenvalue weighted by atomic mass is 10.0. The van der Waals surface area contributed by atoms with Gasteiger partial charge in [0.05, 0.1) is 11.6 Å². The Labute approximate surface area is 167 Å². The van der Waals surface area contributed by atoms with E-state index < -0.39 is 35.7 Å². The van der Waals surface area contributed by atoms with Crippen molar-refractivity contribution in [2.24, 2.45) is 0 Å². The molecule has 0 spiro atoms. The van der Waals surface area contributed by atoms with Crippen LogP contribution in [0.2, 0.25) is 0 Å². The summed E-state index contributed by atoms with van der Waals surface area (Å²) in [7, 11) is 0. The second-order valence-electron chi connectivity index (χ2n) is 6.50. The summed E-state index contributed by atoms with van der Waals surface area (Å²) in [5.74, 6) is -2.92. The maximum Gasteiger partial charge on any atom is 0.326 e. The highest BCUT2D eigenvalue weighted by molar-refractivity contribution is 5.90. The molecular weight excluding hydrogens is 377 g/mol. The first-order chi connectivity index (χ1) is 13.8. The molecule has 2 rings (SSSR count).